The Morgan fingerprint density at radius 1 is 1.31 bits per heavy atom. The molecule has 0 rings (SSSR count). The standard InChI is InChI=1S/C7H14O5S/c1-7(2,3)12-6(8)5-11-13(4,9)10/h5H2,1-4H3. The van der Waals surface area contributed by atoms with Gasteiger partial charge in [-0.25, -0.2) is 4.79 Å². The molecule has 13 heavy (non-hydrogen) atoms. The molecule has 0 aliphatic carbocycles. The van der Waals surface area contributed by atoms with Crippen LogP contribution in [0.3, 0.4) is 0 Å². The normalized spacial score (nSPS) is 12.6. The zero-order valence-corrected chi connectivity index (χ0v) is 8.97. The fourth-order valence-corrected chi connectivity index (χ4v) is 0.836. The Hall–Kier alpha value is -0.620. The van der Waals surface area contributed by atoms with E-state index in [-0.39, 0.29) is 0 Å². The Morgan fingerprint density at radius 2 is 1.77 bits per heavy atom. The van der Waals surface area contributed by atoms with Gasteiger partial charge in [0.15, 0.2) is 6.61 Å². The maximum absolute atomic E-state index is 10.9. The molecule has 0 radical (unpaired) electrons. The highest BCUT2D eigenvalue weighted by molar-refractivity contribution is 7.86. The highest BCUT2D eigenvalue weighted by Crippen LogP contribution is 2.06. The SMILES string of the molecule is CC(C)(C)OC(=O)COS(C)(=O)=O. The first-order valence-corrected chi connectivity index (χ1v) is 5.48. The number of carbonyl (C=O) groups is 1. The zero-order chi connectivity index (χ0) is 10.7. The van der Waals surface area contributed by atoms with E-state index in [1.165, 1.54) is 0 Å². The molecule has 0 spiro atoms. The quantitative estimate of drug-likeness (QED) is 0.495. The smallest absolute Gasteiger partial charge is 0.334 e. The molecule has 0 aliphatic heterocycles. The maximum Gasteiger partial charge on any atom is 0.334 e. The van der Waals surface area contributed by atoms with Gasteiger partial charge in [-0.15, -0.1) is 0 Å². The van der Waals surface area contributed by atoms with Crippen LogP contribution in [0.15, 0.2) is 0 Å². The van der Waals surface area contributed by atoms with Crippen LogP contribution in [0.1, 0.15) is 20.8 Å². The summed E-state index contributed by atoms with van der Waals surface area (Å²) in [5, 5.41) is 0. The van der Waals surface area contributed by atoms with Gasteiger partial charge in [0.05, 0.1) is 6.26 Å². The fourth-order valence-electron chi connectivity index (χ4n) is 0.526. The van der Waals surface area contributed by atoms with Crippen LogP contribution in [0.25, 0.3) is 0 Å². The lowest BCUT2D eigenvalue weighted by atomic mass is 10.2. The molecule has 5 nitrogen and oxygen atoms in total. The van der Waals surface area contributed by atoms with Crippen molar-refractivity contribution in [3.05, 3.63) is 0 Å². The molecule has 0 fully saturated rings. The van der Waals surface area contributed by atoms with Crippen molar-refractivity contribution in [2.24, 2.45) is 0 Å². The first-order chi connectivity index (χ1) is 5.60. The molecule has 0 N–H and O–H groups in total. The number of rotatable bonds is 3. The molecule has 0 aromatic rings. The van der Waals surface area contributed by atoms with Crippen molar-refractivity contribution in [3.63, 3.8) is 0 Å². The van der Waals surface area contributed by atoms with Gasteiger partial charge in [0.1, 0.15) is 5.60 Å². The topological polar surface area (TPSA) is 69.7 Å². The molecule has 0 heterocycles. The summed E-state index contributed by atoms with van der Waals surface area (Å²) >= 11 is 0. The molecule has 78 valence electrons. The highest BCUT2D eigenvalue weighted by Gasteiger charge is 2.17. The van der Waals surface area contributed by atoms with Crippen molar-refractivity contribution in [2.75, 3.05) is 12.9 Å². The second-order valence-corrected chi connectivity index (χ2v) is 5.20. The van der Waals surface area contributed by atoms with Crippen LogP contribution in [0, 0.1) is 0 Å². The van der Waals surface area contributed by atoms with Gasteiger partial charge < -0.3 is 4.74 Å². The van der Waals surface area contributed by atoms with Gasteiger partial charge in [0, 0.05) is 0 Å². The van der Waals surface area contributed by atoms with Crippen LogP contribution in [0.2, 0.25) is 0 Å². The Bertz CT molecular complexity index is 272. The maximum atomic E-state index is 10.9. The Kier molecular flexibility index (Phi) is 3.87. The molecule has 0 atom stereocenters. The van der Waals surface area contributed by atoms with Gasteiger partial charge in [-0.3, -0.25) is 4.18 Å². The average Bonchev–Trinajstić information content (AvgIpc) is 1.78. The van der Waals surface area contributed by atoms with E-state index in [0.29, 0.717) is 0 Å². The summed E-state index contributed by atoms with van der Waals surface area (Å²) < 4.78 is 30.0. The number of esters is 1. The predicted molar refractivity (Wildman–Crippen MR) is 46.6 cm³/mol. The Balaban J connectivity index is 3.92. The van der Waals surface area contributed by atoms with Gasteiger partial charge in [-0.2, -0.15) is 8.42 Å². The first-order valence-electron chi connectivity index (χ1n) is 3.66. The molecular formula is C7H14O5S. The number of carbonyl (C=O) groups excluding carboxylic acids is 1. The van der Waals surface area contributed by atoms with Crippen molar-refractivity contribution in [3.8, 4) is 0 Å². The predicted octanol–water partition coefficient (Wildman–Crippen LogP) is 0.304. The van der Waals surface area contributed by atoms with E-state index in [2.05, 4.69) is 4.18 Å². The molecule has 0 saturated heterocycles. The minimum absolute atomic E-state index is 0.573. The van der Waals surface area contributed by atoms with E-state index in [0.717, 1.165) is 6.26 Å². The van der Waals surface area contributed by atoms with Crippen molar-refractivity contribution in [2.45, 2.75) is 26.4 Å². The van der Waals surface area contributed by atoms with Crippen molar-refractivity contribution in [1.29, 1.82) is 0 Å². The second-order valence-electron chi connectivity index (χ2n) is 3.55. The van der Waals surface area contributed by atoms with Gasteiger partial charge >= 0.3 is 5.97 Å². The highest BCUT2D eigenvalue weighted by atomic mass is 32.2. The summed E-state index contributed by atoms with van der Waals surface area (Å²) in [6.45, 7) is 4.48. The van der Waals surface area contributed by atoms with E-state index >= 15 is 0 Å². The number of hydrogen-bond acceptors (Lipinski definition) is 5. The van der Waals surface area contributed by atoms with Crippen LogP contribution in [0.4, 0.5) is 0 Å². The lowest BCUT2D eigenvalue weighted by Gasteiger charge is -2.18. The van der Waals surface area contributed by atoms with Crippen molar-refractivity contribution in [1.82, 2.24) is 0 Å². The zero-order valence-electron chi connectivity index (χ0n) is 8.16. The van der Waals surface area contributed by atoms with E-state index in [4.69, 9.17) is 4.74 Å². The minimum atomic E-state index is -3.58. The lowest BCUT2D eigenvalue weighted by molar-refractivity contribution is -0.157. The largest absolute Gasteiger partial charge is 0.458 e. The third kappa shape index (κ3) is 9.29. The third-order valence-corrected chi connectivity index (χ3v) is 1.36. The average molecular weight is 210 g/mol. The molecule has 0 aromatic carbocycles. The molecule has 0 saturated carbocycles. The third-order valence-electron chi connectivity index (χ3n) is 0.811. The van der Waals surface area contributed by atoms with Crippen LogP contribution in [-0.2, 0) is 23.8 Å². The summed E-state index contributed by atoms with van der Waals surface area (Å²) in [5.41, 5.74) is -0.627. The van der Waals surface area contributed by atoms with E-state index < -0.39 is 28.3 Å². The molecule has 0 aliphatic rings. The van der Waals surface area contributed by atoms with Crippen molar-refractivity contribution < 1.29 is 22.1 Å². The van der Waals surface area contributed by atoms with E-state index in [1.807, 2.05) is 0 Å². The minimum Gasteiger partial charge on any atom is -0.458 e. The summed E-state index contributed by atoms with van der Waals surface area (Å²) in [6, 6.07) is 0. The van der Waals surface area contributed by atoms with Crippen molar-refractivity contribution >= 4 is 16.1 Å². The van der Waals surface area contributed by atoms with Gasteiger partial charge in [0.25, 0.3) is 10.1 Å². The summed E-state index contributed by atoms with van der Waals surface area (Å²) in [7, 11) is -3.58. The van der Waals surface area contributed by atoms with E-state index in [9.17, 15) is 13.2 Å². The molecule has 0 aromatic heterocycles. The first kappa shape index (κ1) is 12.4. The number of hydrogen-bond donors (Lipinski definition) is 0. The monoisotopic (exact) mass is 210 g/mol. The Morgan fingerprint density at radius 3 is 2.08 bits per heavy atom. The summed E-state index contributed by atoms with van der Waals surface area (Å²) in [4.78, 5) is 10.9. The van der Waals surface area contributed by atoms with Crippen LogP contribution in [0.5, 0.6) is 0 Å². The number of ether oxygens (including phenoxy) is 1. The van der Waals surface area contributed by atoms with Gasteiger partial charge in [0.2, 0.25) is 0 Å². The van der Waals surface area contributed by atoms with Crippen LogP contribution < -0.4 is 0 Å². The summed E-state index contributed by atoms with van der Waals surface area (Å²) in [5.74, 6) is -0.696. The van der Waals surface area contributed by atoms with Crippen LogP contribution >= 0.6 is 0 Å². The van der Waals surface area contributed by atoms with E-state index in [1.54, 1.807) is 20.8 Å². The lowest BCUT2D eigenvalue weighted by Crippen LogP contribution is -2.27. The molecular weight excluding hydrogens is 196 g/mol. The van der Waals surface area contributed by atoms with Gasteiger partial charge in [-0.05, 0) is 20.8 Å². The second kappa shape index (κ2) is 4.06. The molecule has 0 unspecified atom stereocenters. The summed E-state index contributed by atoms with van der Waals surface area (Å²) in [6.07, 6.45) is 0.872. The van der Waals surface area contributed by atoms with Gasteiger partial charge in [-0.1, -0.05) is 0 Å². The fraction of sp³-hybridized carbons (Fsp3) is 0.857. The van der Waals surface area contributed by atoms with Crippen LogP contribution in [-0.4, -0.2) is 32.9 Å². The Labute approximate surface area is 78.2 Å². The molecule has 6 heteroatoms. The molecule has 0 amide bonds. The molecule has 0 bridgehead atoms.